The average Bonchev–Trinajstić information content (AvgIpc) is 3.19. The van der Waals surface area contributed by atoms with E-state index in [4.69, 9.17) is 9.47 Å². The molecule has 0 spiro atoms. The van der Waals surface area contributed by atoms with Crippen molar-refractivity contribution in [1.29, 1.82) is 0 Å². The number of carbonyl (C=O) groups excluding carboxylic acids is 1. The van der Waals surface area contributed by atoms with Gasteiger partial charge in [0.25, 0.3) is 5.56 Å². The van der Waals surface area contributed by atoms with Gasteiger partial charge in [0, 0.05) is 12.4 Å². The van der Waals surface area contributed by atoms with Gasteiger partial charge in [-0.25, -0.2) is 9.78 Å². The van der Waals surface area contributed by atoms with Gasteiger partial charge in [0.15, 0.2) is 16.3 Å². The van der Waals surface area contributed by atoms with Crippen molar-refractivity contribution >= 4 is 39.7 Å². The molecule has 2 heterocycles. The van der Waals surface area contributed by atoms with Crippen LogP contribution in [0.25, 0.3) is 21.9 Å². The summed E-state index contributed by atoms with van der Waals surface area (Å²) < 4.78 is 13.7. The van der Waals surface area contributed by atoms with E-state index in [0.717, 1.165) is 22.5 Å². The van der Waals surface area contributed by atoms with Crippen LogP contribution in [0.1, 0.15) is 13.8 Å². The van der Waals surface area contributed by atoms with Gasteiger partial charge in [0.05, 0.1) is 13.2 Å². The molecule has 184 valence electrons. The van der Waals surface area contributed by atoms with Crippen molar-refractivity contribution in [3.05, 3.63) is 63.3 Å². The topological polar surface area (TPSA) is 128 Å². The Morgan fingerprint density at radius 3 is 2.71 bits per heavy atom. The molecule has 4 aromatic rings. The molecule has 0 fully saturated rings. The van der Waals surface area contributed by atoms with Crippen molar-refractivity contribution in [1.82, 2.24) is 19.1 Å². The molecule has 10 nitrogen and oxygen atoms in total. The van der Waals surface area contributed by atoms with Gasteiger partial charge < -0.3 is 19.1 Å². The van der Waals surface area contributed by atoms with E-state index in [0.29, 0.717) is 10.9 Å². The SMILES string of the molecule is CCOC(=O)[C@@H](C)Sc1nc2c(c(=O)[nH]c(=O)n2C)n1C[C@H](O)COc1cccc2ccccc12. The predicted molar refractivity (Wildman–Crippen MR) is 133 cm³/mol. The van der Waals surface area contributed by atoms with Crippen LogP contribution in [0.5, 0.6) is 5.75 Å². The number of nitrogens with one attached hydrogen (secondary N) is 1. The lowest BCUT2D eigenvalue weighted by Crippen LogP contribution is -2.31. The molecule has 0 saturated carbocycles. The number of aliphatic hydroxyl groups is 1. The molecule has 0 aliphatic rings. The largest absolute Gasteiger partial charge is 0.490 e. The number of ether oxygens (including phenoxy) is 2. The number of hydrogen-bond donors (Lipinski definition) is 2. The van der Waals surface area contributed by atoms with E-state index < -0.39 is 28.6 Å². The molecule has 2 aromatic carbocycles. The molecule has 0 saturated heterocycles. The van der Waals surface area contributed by atoms with Crippen LogP contribution >= 0.6 is 11.8 Å². The highest BCUT2D eigenvalue weighted by Crippen LogP contribution is 2.28. The van der Waals surface area contributed by atoms with E-state index in [9.17, 15) is 19.5 Å². The van der Waals surface area contributed by atoms with Crippen LogP contribution in [0.15, 0.2) is 57.2 Å². The van der Waals surface area contributed by atoms with Crippen LogP contribution in [-0.4, -0.2) is 54.7 Å². The molecule has 0 amide bonds. The van der Waals surface area contributed by atoms with Crippen molar-refractivity contribution < 1.29 is 19.4 Å². The first-order valence-corrected chi connectivity index (χ1v) is 12.0. The maximum absolute atomic E-state index is 12.7. The maximum Gasteiger partial charge on any atom is 0.329 e. The van der Waals surface area contributed by atoms with E-state index in [-0.39, 0.29) is 30.9 Å². The summed E-state index contributed by atoms with van der Waals surface area (Å²) in [7, 11) is 1.49. The fourth-order valence-electron chi connectivity index (χ4n) is 3.71. The van der Waals surface area contributed by atoms with Gasteiger partial charge in [-0.15, -0.1) is 0 Å². The summed E-state index contributed by atoms with van der Waals surface area (Å²) in [5.74, 6) is 0.196. The average molecular weight is 499 g/mol. The minimum absolute atomic E-state index is 0.0412. The van der Waals surface area contributed by atoms with Crippen LogP contribution < -0.4 is 16.0 Å². The number of rotatable bonds is 9. The first-order chi connectivity index (χ1) is 16.8. The fourth-order valence-corrected chi connectivity index (χ4v) is 4.62. The third kappa shape index (κ3) is 5.10. The molecule has 0 radical (unpaired) electrons. The summed E-state index contributed by atoms with van der Waals surface area (Å²) in [6.07, 6.45) is -1.01. The highest BCUT2D eigenvalue weighted by atomic mass is 32.2. The van der Waals surface area contributed by atoms with Gasteiger partial charge in [-0.05, 0) is 25.3 Å². The van der Waals surface area contributed by atoms with Gasteiger partial charge in [-0.1, -0.05) is 48.2 Å². The lowest BCUT2D eigenvalue weighted by atomic mass is 10.1. The summed E-state index contributed by atoms with van der Waals surface area (Å²) in [5.41, 5.74) is -0.968. The molecule has 0 unspecified atom stereocenters. The molecule has 0 aliphatic heterocycles. The Kier molecular flexibility index (Phi) is 7.27. The lowest BCUT2D eigenvalue weighted by molar-refractivity contribution is -0.142. The minimum Gasteiger partial charge on any atom is -0.490 e. The number of thioether (sulfide) groups is 1. The van der Waals surface area contributed by atoms with E-state index in [1.807, 2.05) is 42.5 Å². The van der Waals surface area contributed by atoms with Crippen molar-refractivity contribution in [2.45, 2.75) is 36.9 Å². The normalized spacial score (nSPS) is 13.1. The molecular formula is C24H26N4O6S. The Labute approximate surface area is 204 Å². The third-order valence-electron chi connectivity index (χ3n) is 5.45. The van der Waals surface area contributed by atoms with Crippen molar-refractivity contribution in [3.63, 3.8) is 0 Å². The molecule has 0 aliphatic carbocycles. The zero-order valence-corrected chi connectivity index (χ0v) is 20.4. The summed E-state index contributed by atoms with van der Waals surface area (Å²) in [5, 5.41) is 12.4. The third-order valence-corrected chi connectivity index (χ3v) is 6.52. The van der Waals surface area contributed by atoms with Gasteiger partial charge in [-0.2, -0.15) is 0 Å². The van der Waals surface area contributed by atoms with E-state index >= 15 is 0 Å². The smallest absolute Gasteiger partial charge is 0.329 e. The Hall–Kier alpha value is -3.57. The number of aryl methyl sites for hydroxylation is 1. The molecule has 2 aromatic heterocycles. The number of aliphatic hydroxyl groups excluding tert-OH is 1. The maximum atomic E-state index is 12.7. The Balaban J connectivity index is 1.63. The number of fused-ring (bicyclic) bond motifs is 2. The number of esters is 1. The fraction of sp³-hybridized carbons (Fsp3) is 0.333. The number of hydrogen-bond acceptors (Lipinski definition) is 8. The van der Waals surface area contributed by atoms with Crippen LogP contribution in [-0.2, 0) is 23.1 Å². The second-order valence-electron chi connectivity index (χ2n) is 7.95. The monoisotopic (exact) mass is 498 g/mol. The Bertz CT molecular complexity index is 1490. The second-order valence-corrected chi connectivity index (χ2v) is 9.26. The van der Waals surface area contributed by atoms with Gasteiger partial charge in [-0.3, -0.25) is 19.1 Å². The molecular weight excluding hydrogens is 472 g/mol. The first kappa shape index (κ1) is 24.6. The van der Waals surface area contributed by atoms with E-state index in [1.54, 1.807) is 13.8 Å². The number of aromatic amines is 1. The quantitative estimate of drug-likeness (QED) is 0.265. The number of H-pyrrole nitrogens is 1. The molecule has 11 heteroatoms. The zero-order valence-electron chi connectivity index (χ0n) is 19.6. The van der Waals surface area contributed by atoms with Crippen molar-refractivity contribution in [2.24, 2.45) is 7.05 Å². The molecule has 4 rings (SSSR count). The number of benzene rings is 2. The van der Waals surface area contributed by atoms with Crippen LogP contribution in [0.2, 0.25) is 0 Å². The summed E-state index contributed by atoms with van der Waals surface area (Å²) >= 11 is 1.08. The minimum atomic E-state index is -1.01. The Morgan fingerprint density at radius 2 is 1.94 bits per heavy atom. The van der Waals surface area contributed by atoms with Crippen LogP contribution in [0, 0.1) is 0 Å². The highest BCUT2D eigenvalue weighted by Gasteiger charge is 2.24. The number of aromatic nitrogens is 4. The predicted octanol–water partition coefficient (Wildman–Crippen LogP) is 2.06. The molecule has 2 atom stereocenters. The van der Waals surface area contributed by atoms with E-state index in [1.165, 1.54) is 16.2 Å². The van der Waals surface area contributed by atoms with Gasteiger partial charge in [0.2, 0.25) is 0 Å². The van der Waals surface area contributed by atoms with Crippen LogP contribution in [0.4, 0.5) is 0 Å². The Morgan fingerprint density at radius 1 is 1.20 bits per heavy atom. The van der Waals surface area contributed by atoms with E-state index in [2.05, 4.69) is 9.97 Å². The number of nitrogens with zero attached hydrogens (tertiary/aromatic N) is 3. The number of imidazole rings is 1. The standard InChI is InChI=1S/C24H26N4O6S/c1-4-33-22(31)14(2)35-24-25-20-19(21(30)26-23(32)27(20)3)28(24)12-16(29)13-34-18-11-7-9-15-8-5-6-10-17(15)18/h5-11,14,16,29H,4,12-13H2,1-3H3,(H,26,30,32)/t14-,16+/m1/s1. The lowest BCUT2D eigenvalue weighted by Gasteiger charge is -2.17. The summed E-state index contributed by atoms with van der Waals surface area (Å²) in [4.78, 5) is 43.6. The second kappa shape index (κ2) is 10.4. The summed E-state index contributed by atoms with van der Waals surface area (Å²) in [6, 6.07) is 13.4. The molecule has 35 heavy (non-hydrogen) atoms. The van der Waals surface area contributed by atoms with Gasteiger partial charge >= 0.3 is 11.7 Å². The van der Waals surface area contributed by atoms with Gasteiger partial charge in [0.1, 0.15) is 23.7 Å². The summed E-state index contributed by atoms with van der Waals surface area (Å²) in [6.45, 7) is 3.52. The molecule has 0 bridgehead atoms. The molecule has 2 N–H and O–H groups in total. The van der Waals surface area contributed by atoms with Crippen molar-refractivity contribution in [2.75, 3.05) is 13.2 Å². The van der Waals surface area contributed by atoms with Crippen LogP contribution in [0.3, 0.4) is 0 Å². The highest BCUT2D eigenvalue weighted by molar-refractivity contribution is 8.00. The number of carbonyl (C=O) groups is 1. The van der Waals surface area contributed by atoms with Crippen molar-refractivity contribution in [3.8, 4) is 5.75 Å². The first-order valence-electron chi connectivity index (χ1n) is 11.1. The zero-order chi connectivity index (χ0) is 25.1.